The molecular weight excluding hydrogens is 246 g/mol. The first-order valence-corrected chi connectivity index (χ1v) is 6.95. The Hall–Kier alpha value is -1.06. The SMILES string of the molecule is CC1CCCN(Cc2nc3ccc(Cl)cc3[nH]2)C1. The van der Waals surface area contributed by atoms with Crippen LogP contribution in [0, 0.1) is 5.92 Å². The van der Waals surface area contributed by atoms with Crippen LogP contribution in [0.5, 0.6) is 0 Å². The number of piperidine rings is 1. The van der Waals surface area contributed by atoms with Crippen molar-refractivity contribution in [2.24, 2.45) is 5.92 Å². The second-order valence-corrected chi connectivity index (χ2v) is 5.76. The van der Waals surface area contributed by atoms with Crippen molar-refractivity contribution in [3.63, 3.8) is 0 Å². The normalized spacial score (nSPS) is 21.6. The second kappa shape index (κ2) is 4.90. The Balaban J connectivity index is 1.78. The first kappa shape index (κ1) is 12.0. The molecule has 4 heteroatoms. The van der Waals surface area contributed by atoms with E-state index in [-0.39, 0.29) is 0 Å². The van der Waals surface area contributed by atoms with Crippen molar-refractivity contribution in [3.05, 3.63) is 29.0 Å². The van der Waals surface area contributed by atoms with E-state index in [4.69, 9.17) is 11.6 Å². The van der Waals surface area contributed by atoms with Gasteiger partial charge in [-0.3, -0.25) is 4.90 Å². The number of benzene rings is 1. The molecule has 0 amide bonds. The average molecular weight is 264 g/mol. The number of hydrogen-bond donors (Lipinski definition) is 1. The lowest BCUT2D eigenvalue weighted by molar-refractivity contribution is 0.173. The summed E-state index contributed by atoms with van der Waals surface area (Å²) in [5.41, 5.74) is 2.03. The largest absolute Gasteiger partial charge is 0.341 e. The Labute approximate surface area is 112 Å². The van der Waals surface area contributed by atoms with Gasteiger partial charge in [0.2, 0.25) is 0 Å². The number of rotatable bonds is 2. The Morgan fingerprint density at radius 2 is 2.39 bits per heavy atom. The summed E-state index contributed by atoms with van der Waals surface area (Å²) >= 11 is 5.98. The highest BCUT2D eigenvalue weighted by molar-refractivity contribution is 6.31. The van der Waals surface area contributed by atoms with Gasteiger partial charge in [-0.05, 0) is 43.5 Å². The maximum Gasteiger partial charge on any atom is 0.121 e. The van der Waals surface area contributed by atoms with E-state index >= 15 is 0 Å². The van der Waals surface area contributed by atoms with Crippen molar-refractivity contribution in [2.75, 3.05) is 13.1 Å². The minimum absolute atomic E-state index is 0.754. The van der Waals surface area contributed by atoms with E-state index < -0.39 is 0 Å². The third-order valence-corrected chi connectivity index (χ3v) is 3.84. The number of imidazole rings is 1. The van der Waals surface area contributed by atoms with Crippen LogP contribution in [0.1, 0.15) is 25.6 Å². The molecule has 0 radical (unpaired) electrons. The minimum atomic E-state index is 0.754. The molecule has 1 aromatic carbocycles. The van der Waals surface area contributed by atoms with Crippen molar-refractivity contribution in [1.29, 1.82) is 0 Å². The van der Waals surface area contributed by atoms with Crippen LogP contribution in [0.3, 0.4) is 0 Å². The predicted octanol–water partition coefficient (Wildman–Crippen LogP) is 3.45. The minimum Gasteiger partial charge on any atom is -0.341 e. The smallest absolute Gasteiger partial charge is 0.121 e. The molecule has 1 atom stereocenters. The fourth-order valence-electron chi connectivity index (χ4n) is 2.75. The molecule has 96 valence electrons. The highest BCUT2D eigenvalue weighted by atomic mass is 35.5. The van der Waals surface area contributed by atoms with Crippen LogP contribution < -0.4 is 0 Å². The highest BCUT2D eigenvalue weighted by Crippen LogP contribution is 2.20. The van der Waals surface area contributed by atoms with Crippen LogP contribution in [-0.2, 0) is 6.54 Å². The van der Waals surface area contributed by atoms with Gasteiger partial charge in [-0.15, -0.1) is 0 Å². The van der Waals surface area contributed by atoms with Crippen LogP contribution in [0.15, 0.2) is 18.2 Å². The first-order valence-electron chi connectivity index (χ1n) is 6.57. The van der Waals surface area contributed by atoms with Gasteiger partial charge in [0.25, 0.3) is 0 Å². The molecule has 1 aliphatic rings. The van der Waals surface area contributed by atoms with Crippen LogP contribution in [0.25, 0.3) is 11.0 Å². The predicted molar refractivity (Wildman–Crippen MR) is 74.8 cm³/mol. The number of fused-ring (bicyclic) bond motifs is 1. The van der Waals surface area contributed by atoms with Gasteiger partial charge in [-0.2, -0.15) is 0 Å². The molecule has 1 aliphatic heterocycles. The van der Waals surface area contributed by atoms with Crippen molar-refractivity contribution < 1.29 is 0 Å². The first-order chi connectivity index (χ1) is 8.70. The molecule has 2 aromatic rings. The van der Waals surface area contributed by atoms with Crippen LogP contribution >= 0.6 is 11.6 Å². The maximum absolute atomic E-state index is 5.98. The van der Waals surface area contributed by atoms with E-state index in [0.717, 1.165) is 34.3 Å². The Morgan fingerprint density at radius 3 is 3.22 bits per heavy atom. The third-order valence-electron chi connectivity index (χ3n) is 3.61. The molecule has 18 heavy (non-hydrogen) atoms. The summed E-state index contributed by atoms with van der Waals surface area (Å²) in [7, 11) is 0. The lowest BCUT2D eigenvalue weighted by Crippen LogP contribution is -2.34. The summed E-state index contributed by atoms with van der Waals surface area (Å²) in [6.45, 7) is 5.60. The standard InChI is InChI=1S/C14H18ClN3/c1-10-3-2-6-18(8-10)9-14-16-12-5-4-11(15)7-13(12)17-14/h4-5,7,10H,2-3,6,8-9H2,1H3,(H,16,17). The van der Waals surface area contributed by atoms with E-state index in [1.54, 1.807) is 0 Å². The summed E-state index contributed by atoms with van der Waals surface area (Å²) in [4.78, 5) is 10.5. The number of hydrogen-bond acceptors (Lipinski definition) is 2. The fourth-order valence-corrected chi connectivity index (χ4v) is 2.92. The number of aromatic nitrogens is 2. The molecule has 1 aromatic heterocycles. The molecule has 1 N–H and O–H groups in total. The van der Waals surface area contributed by atoms with Gasteiger partial charge in [-0.1, -0.05) is 18.5 Å². The molecular formula is C14H18ClN3. The maximum atomic E-state index is 5.98. The molecule has 0 aliphatic carbocycles. The summed E-state index contributed by atoms with van der Waals surface area (Å²) < 4.78 is 0. The quantitative estimate of drug-likeness (QED) is 0.900. The fraction of sp³-hybridized carbons (Fsp3) is 0.500. The molecule has 1 unspecified atom stereocenters. The van der Waals surface area contributed by atoms with Crippen molar-refractivity contribution >= 4 is 22.6 Å². The number of aromatic amines is 1. The average Bonchev–Trinajstić information content (AvgIpc) is 2.70. The monoisotopic (exact) mass is 263 g/mol. The summed E-state index contributed by atoms with van der Waals surface area (Å²) in [5.74, 6) is 1.85. The van der Waals surface area contributed by atoms with E-state index in [9.17, 15) is 0 Å². The van der Waals surface area contributed by atoms with Crippen molar-refractivity contribution in [2.45, 2.75) is 26.3 Å². The van der Waals surface area contributed by atoms with E-state index in [1.165, 1.54) is 25.9 Å². The number of halogens is 1. The Bertz CT molecular complexity index is 549. The highest BCUT2D eigenvalue weighted by Gasteiger charge is 2.17. The number of nitrogens with one attached hydrogen (secondary N) is 1. The number of likely N-dealkylation sites (tertiary alicyclic amines) is 1. The lowest BCUT2D eigenvalue weighted by Gasteiger charge is -2.29. The van der Waals surface area contributed by atoms with Gasteiger partial charge in [0, 0.05) is 11.6 Å². The topological polar surface area (TPSA) is 31.9 Å². The van der Waals surface area contributed by atoms with E-state index in [2.05, 4.69) is 21.8 Å². The Morgan fingerprint density at radius 1 is 1.50 bits per heavy atom. The van der Waals surface area contributed by atoms with Gasteiger partial charge in [0.15, 0.2) is 0 Å². The summed E-state index contributed by atoms with van der Waals surface area (Å²) in [5, 5.41) is 0.754. The van der Waals surface area contributed by atoms with E-state index in [0.29, 0.717) is 0 Å². The lowest BCUT2D eigenvalue weighted by atomic mass is 10.0. The van der Waals surface area contributed by atoms with Gasteiger partial charge >= 0.3 is 0 Å². The molecule has 1 saturated heterocycles. The number of nitrogens with zero attached hydrogens (tertiary/aromatic N) is 2. The van der Waals surface area contributed by atoms with Gasteiger partial charge in [0.1, 0.15) is 5.82 Å². The third kappa shape index (κ3) is 2.52. The second-order valence-electron chi connectivity index (χ2n) is 5.33. The van der Waals surface area contributed by atoms with Gasteiger partial charge in [0.05, 0.1) is 17.6 Å². The zero-order valence-corrected chi connectivity index (χ0v) is 11.4. The molecule has 2 heterocycles. The summed E-state index contributed by atoms with van der Waals surface area (Å²) in [6.07, 6.45) is 2.65. The summed E-state index contributed by atoms with van der Waals surface area (Å²) in [6, 6.07) is 5.79. The zero-order chi connectivity index (χ0) is 12.5. The van der Waals surface area contributed by atoms with Crippen LogP contribution in [0.4, 0.5) is 0 Å². The molecule has 1 fully saturated rings. The van der Waals surface area contributed by atoms with Crippen molar-refractivity contribution in [1.82, 2.24) is 14.9 Å². The molecule has 3 nitrogen and oxygen atoms in total. The van der Waals surface area contributed by atoms with Crippen LogP contribution in [0.2, 0.25) is 5.02 Å². The molecule has 3 rings (SSSR count). The molecule has 0 bridgehead atoms. The van der Waals surface area contributed by atoms with E-state index in [1.807, 2.05) is 18.2 Å². The molecule has 0 saturated carbocycles. The van der Waals surface area contributed by atoms with Crippen molar-refractivity contribution in [3.8, 4) is 0 Å². The van der Waals surface area contributed by atoms with Gasteiger partial charge < -0.3 is 4.98 Å². The van der Waals surface area contributed by atoms with Crippen LogP contribution in [-0.4, -0.2) is 28.0 Å². The zero-order valence-electron chi connectivity index (χ0n) is 10.6. The Kier molecular flexibility index (Phi) is 3.27. The molecule has 0 spiro atoms. The number of H-pyrrole nitrogens is 1. The van der Waals surface area contributed by atoms with Gasteiger partial charge in [-0.25, -0.2) is 4.98 Å².